The smallest absolute Gasteiger partial charge is 0.310 e. The highest BCUT2D eigenvalue weighted by Gasteiger charge is 2.41. The minimum absolute atomic E-state index is 0.370. The van der Waals surface area contributed by atoms with Crippen LogP contribution in [0.1, 0.15) is 50.7 Å². The van der Waals surface area contributed by atoms with Gasteiger partial charge in [0.25, 0.3) is 0 Å². The molecule has 94 valence electrons. The van der Waals surface area contributed by atoms with Crippen LogP contribution in [0.5, 0.6) is 0 Å². The molecule has 0 amide bonds. The lowest BCUT2D eigenvalue weighted by atomic mass is 9.72. The summed E-state index contributed by atoms with van der Waals surface area (Å²) in [5.74, 6) is 0.385. The van der Waals surface area contributed by atoms with E-state index in [0.29, 0.717) is 37.4 Å². The molecule has 0 bridgehead atoms. The Morgan fingerprint density at radius 1 is 1.41 bits per heavy atom. The molecule has 0 aromatic carbocycles. The predicted octanol–water partition coefficient (Wildman–Crippen LogP) is 2.21. The van der Waals surface area contributed by atoms with Gasteiger partial charge in [-0.15, -0.1) is 0 Å². The van der Waals surface area contributed by atoms with E-state index in [1.807, 2.05) is 6.92 Å². The molecule has 1 aromatic heterocycles. The number of aliphatic carboxylic acids is 1. The Labute approximate surface area is 100 Å². The predicted molar refractivity (Wildman–Crippen MR) is 60.5 cm³/mol. The number of carboxylic acid groups (broad SMARTS) is 1. The minimum atomic E-state index is -0.728. The number of carbonyl (C=O) groups is 1. The molecular formula is C12H18N2O3. The van der Waals surface area contributed by atoms with Crippen molar-refractivity contribution in [2.45, 2.75) is 51.9 Å². The van der Waals surface area contributed by atoms with Crippen molar-refractivity contribution in [3.63, 3.8) is 0 Å². The Morgan fingerprint density at radius 2 is 2.12 bits per heavy atom. The van der Waals surface area contributed by atoms with E-state index in [1.54, 1.807) is 0 Å². The number of aromatic nitrogens is 2. The largest absolute Gasteiger partial charge is 0.481 e. The average Bonchev–Trinajstić information content (AvgIpc) is 2.77. The number of hydrogen-bond acceptors (Lipinski definition) is 4. The first-order valence-corrected chi connectivity index (χ1v) is 6.21. The SMILES string of the molecule is CCc1noc(CC2(C(=O)O)CCCCC2)n1. The number of rotatable bonds is 4. The molecule has 0 spiro atoms. The lowest BCUT2D eigenvalue weighted by Crippen LogP contribution is -2.35. The third-order valence-electron chi connectivity index (χ3n) is 3.58. The first-order chi connectivity index (χ1) is 8.16. The lowest BCUT2D eigenvalue weighted by Gasteiger charge is -2.31. The lowest BCUT2D eigenvalue weighted by molar-refractivity contribution is -0.151. The molecule has 0 atom stereocenters. The van der Waals surface area contributed by atoms with Crippen LogP contribution >= 0.6 is 0 Å². The maximum Gasteiger partial charge on any atom is 0.310 e. The summed E-state index contributed by atoms with van der Waals surface area (Å²) < 4.78 is 5.11. The van der Waals surface area contributed by atoms with E-state index < -0.39 is 11.4 Å². The molecule has 0 unspecified atom stereocenters. The van der Waals surface area contributed by atoms with Crippen LogP contribution in [0.4, 0.5) is 0 Å². The monoisotopic (exact) mass is 238 g/mol. The molecule has 0 saturated heterocycles. The zero-order valence-electron chi connectivity index (χ0n) is 10.1. The highest BCUT2D eigenvalue weighted by atomic mass is 16.5. The second-order valence-electron chi connectivity index (χ2n) is 4.78. The van der Waals surface area contributed by atoms with Crippen molar-refractivity contribution in [2.24, 2.45) is 5.41 Å². The fraction of sp³-hybridized carbons (Fsp3) is 0.750. The molecule has 1 aliphatic carbocycles. The van der Waals surface area contributed by atoms with Crippen molar-refractivity contribution in [2.75, 3.05) is 0 Å². The summed E-state index contributed by atoms with van der Waals surface area (Å²) in [6.45, 7) is 1.95. The normalized spacial score (nSPS) is 19.1. The van der Waals surface area contributed by atoms with Gasteiger partial charge in [0, 0.05) is 12.8 Å². The van der Waals surface area contributed by atoms with Gasteiger partial charge in [-0.2, -0.15) is 4.98 Å². The standard InChI is InChI=1S/C12H18N2O3/c1-2-9-13-10(17-14-9)8-12(11(15)16)6-4-3-5-7-12/h2-8H2,1H3,(H,15,16). The molecule has 1 aromatic rings. The van der Waals surface area contributed by atoms with Crippen LogP contribution in [0.15, 0.2) is 4.52 Å². The highest BCUT2D eigenvalue weighted by molar-refractivity contribution is 5.75. The second-order valence-corrected chi connectivity index (χ2v) is 4.78. The quantitative estimate of drug-likeness (QED) is 0.870. The first kappa shape index (κ1) is 12.1. The molecule has 0 aliphatic heterocycles. The van der Waals surface area contributed by atoms with E-state index in [-0.39, 0.29) is 0 Å². The topological polar surface area (TPSA) is 76.2 Å². The van der Waals surface area contributed by atoms with E-state index in [2.05, 4.69) is 10.1 Å². The van der Waals surface area contributed by atoms with E-state index in [4.69, 9.17) is 4.52 Å². The van der Waals surface area contributed by atoms with E-state index >= 15 is 0 Å². The Morgan fingerprint density at radius 3 is 2.65 bits per heavy atom. The van der Waals surface area contributed by atoms with Gasteiger partial charge < -0.3 is 9.63 Å². The van der Waals surface area contributed by atoms with Crippen molar-refractivity contribution in [3.8, 4) is 0 Å². The number of aryl methyl sites for hydroxylation is 1. The maximum atomic E-state index is 11.5. The third-order valence-corrected chi connectivity index (χ3v) is 3.58. The molecule has 1 saturated carbocycles. The second kappa shape index (κ2) is 4.85. The van der Waals surface area contributed by atoms with Crippen molar-refractivity contribution in [1.82, 2.24) is 10.1 Å². The van der Waals surface area contributed by atoms with Crippen LogP contribution < -0.4 is 0 Å². The van der Waals surface area contributed by atoms with E-state index in [0.717, 1.165) is 19.3 Å². The Bertz CT molecular complexity index is 394. The maximum absolute atomic E-state index is 11.5. The van der Waals surface area contributed by atoms with Crippen LogP contribution in [-0.2, 0) is 17.6 Å². The van der Waals surface area contributed by atoms with Crippen molar-refractivity contribution in [1.29, 1.82) is 0 Å². The van der Waals surface area contributed by atoms with Gasteiger partial charge in [-0.25, -0.2) is 0 Å². The van der Waals surface area contributed by atoms with Gasteiger partial charge in [0.2, 0.25) is 5.89 Å². The van der Waals surface area contributed by atoms with Gasteiger partial charge in [-0.3, -0.25) is 4.79 Å². The summed E-state index contributed by atoms with van der Waals surface area (Å²) in [5, 5.41) is 13.2. The molecule has 2 rings (SSSR count). The molecule has 1 aliphatic rings. The van der Waals surface area contributed by atoms with Crippen LogP contribution in [0.3, 0.4) is 0 Å². The van der Waals surface area contributed by atoms with Crippen LogP contribution in [0.25, 0.3) is 0 Å². The molecule has 1 fully saturated rings. The molecule has 0 radical (unpaired) electrons. The Hall–Kier alpha value is -1.39. The summed E-state index contributed by atoms with van der Waals surface area (Å²) in [4.78, 5) is 15.7. The van der Waals surface area contributed by atoms with Crippen molar-refractivity contribution >= 4 is 5.97 Å². The van der Waals surface area contributed by atoms with Gasteiger partial charge in [0.15, 0.2) is 5.82 Å². The van der Waals surface area contributed by atoms with Gasteiger partial charge >= 0.3 is 5.97 Å². The summed E-state index contributed by atoms with van der Waals surface area (Å²) in [7, 11) is 0. The van der Waals surface area contributed by atoms with E-state index in [1.165, 1.54) is 0 Å². The van der Waals surface area contributed by atoms with E-state index in [9.17, 15) is 9.90 Å². The van der Waals surface area contributed by atoms with Crippen LogP contribution in [-0.4, -0.2) is 21.2 Å². The van der Waals surface area contributed by atoms with Gasteiger partial charge in [0.05, 0.1) is 5.41 Å². The fourth-order valence-corrected chi connectivity index (χ4v) is 2.49. The first-order valence-electron chi connectivity index (χ1n) is 6.21. The Balaban J connectivity index is 2.14. The summed E-state index contributed by atoms with van der Waals surface area (Å²) in [6, 6.07) is 0. The third kappa shape index (κ3) is 2.48. The number of hydrogen-bond donors (Lipinski definition) is 1. The fourth-order valence-electron chi connectivity index (χ4n) is 2.49. The average molecular weight is 238 g/mol. The summed E-state index contributed by atoms with van der Waals surface area (Å²) in [6.07, 6.45) is 5.58. The summed E-state index contributed by atoms with van der Waals surface area (Å²) in [5.41, 5.74) is -0.685. The number of carboxylic acids is 1. The van der Waals surface area contributed by atoms with Gasteiger partial charge in [0.1, 0.15) is 0 Å². The molecule has 17 heavy (non-hydrogen) atoms. The molecule has 5 nitrogen and oxygen atoms in total. The zero-order chi connectivity index (χ0) is 12.3. The molecular weight excluding hydrogens is 220 g/mol. The van der Waals surface area contributed by atoms with Crippen LogP contribution in [0, 0.1) is 5.41 Å². The molecule has 1 heterocycles. The van der Waals surface area contributed by atoms with Gasteiger partial charge in [-0.1, -0.05) is 31.3 Å². The minimum Gasteiger partial charge on any atom is -0.481 e. The van der Waals surface area contributed by atoms with Crippen LogP contribution in [0.2, 0.25) is 0 Å². The van der Waals surface area contributed by atoms with Gasteiger partial charge in [-0.05, 0) is 12.8 Å². The van der Waals surface area contributed by atoms with Crippen molar-refractivity contribution in [3.05, 3.63) is 11.7 Å². The summed E-state index contributed by atoms with van der Waals surface area (Å²) >= 11 is 0. The molecule has 1 N–H and O–H groups in total. The highest BCUT2D eigenvalue weighted by Crippen LogP contribution is 2.39. The zero-order valence-corrected chi connectivity index (χ0v) is 10.1. The number of nitrogens with zero attached hydrogens (tertiary/aromatic N) is 2. The molecule has 5 heteroatoms. The Kier molecular flexibility index (Phi) is 3.45. The van der Waals surface area contributed by atoms with Crippen molar-refractivity contribution < 1.29 is 14.4 Å².